The molecule has 21 heavy (non-hydrogen) atoms. The molecule has 1 amide bonds. The largest absolute Gasteiger partial charge is 0.440 e. The molecule has 1 saturated carbocycles. The fourth-order valence-corrected chi connectivity index (χ4v) is 5.25. The Labute approximate surface area is 127 Å². The smallest absolute Gasteiger partial charge is 0.410 e. The number of hydrogen-bond acceptors (Lipinski definition) is 3. The van der Waals surface area contributed by atoms with Crippen LogP contribution in [0.25, 0.3) is 0 Å². The van der Waals surface area contributed by atoms with Crippen LogP contribution in [0.4, 0.5) is 4.79 Å². The zero-order valence-corrected chi connectivity index (χ0v) is 13.1. The molecular weight excluding hydrogens is 266 g/mol. The van der Waals surface area contributed by atoms with E-state index in [9.17, 15) is 4.79 Å². The molecule has 4 aliphatic rings. The summed E-state index contributed by atoms with van der Waals surface area (Å²) in [6.45, 7) is 3.87. The standard InChI is InChI=1S/C17H27NO3/c1-2-17(21-16(19)18-9-4-3-5-10-18)11-14-12-7-6-8-13(12)15(17)20-14/h12-15H,2-11H2,1H3. The van der Waals surface area contributed by atoms with Crippen molar-refractivity contribution in [1.82, 2.24) is 4.90 Å². The second-order valence-electron chi connectivity index (χ2n) is 7.39. The highest BCUT2D eigenvalue weighted by Gasteiger charge is 2.63. The van der Waals surface area contributed by atoms with Crippen molar-refractivity contribution in [1.29, 1.82) is 0 Å². The van der Waals surface area contributed by atoms with Crippen molar-refractivity contribution in [3.8, 4) is 0 Å². The number of amides is 1. The van der Waals surface area contributed by atoms with Crippen molar-refractivity contribution >= 4 is 6.09 Å². The number of fused-ring (bicyclic) bond motifs is 5. The van der Waals surface area contributed by atoms with E-state index in [2.05, 4.69) is 6.92 Å². The Morgan fingerprint density at radius 3 is 2.71 bits per heavy atom. The van der Waals surface area contributed by atoms with E-state index in [0.717, 1.165) is 44.7 Å². The lowest BCUT2D eigenvalue weighted by atomic mass is 9.72. The highest BCUT2D eigenvalue weighted by Crippen LogP contribution is 2.57. The second kappa shape index (κ2) is 5.15. The van der Waals surface area contributed by atoms with Gasteiger partial charge in [-0.2, -0.15) is 0 Å². The lowest BCUT2D eigenvalue weighted by Crippen LogP contribution is -2.51. The molecule has 3 saturated heterocycles. The number of piperidine rings is 1. The van der Waals surface area contributed by atoms with E-state index in [1.54, 1.807) is 0 Å². The van der Waals surface area contributed by atoms with Gasteiger partial charge in [0, 0.05) is 19.5 Å². The molecule has 4 heteroatoms. The first kappa shape index (κ1) is 13.9. The maximum atomic E-state index is 12.5. The minimum absolute atomic E-state index is 0.0951. The van der Waals surface area contributed by atoms with E-state index < -0.39 is 0 Å². The van der Waals surface area contributed by atoms with Crippen molar-refractivity contribution in [2.24, 2.45) is 11.8 Å². The monoisotopic (exact) mass is 293 g/mol. The van der Waals surface area contributed by atoms with E-state index in [1.165, 1.54) is 25.7 Å². The van der Waals surface area contributed by atoms with Gasteiger partial charge in [-0.3, -0.25) is 0 Å². The summed E-state index contributed by atoms with van der Waals surface area (Å²) in [5.41, 5.74) is -0.343. The third-order valence-corrected chi connectivity index (χ3v) is 6.38. The van der Waals surface area contributed by atoms with Crippen molar-refractivity contribution in [2.75, 3.05) is 13.1 Å². The van der Waals surface area contributed by atoms with Crippen LogP contribution in [0, 0.1) is 11.8 Å². The second-order valence-corrected chi connectivity index (χ2v) is 7.39. The van der Waals surface area contributed by atoms with Gasteiger partial charge < -0.3 is 14.4 Å². The zero-order valence-electron chi connectivity index (χ0n) is 13.1. The topological polar surface area (TPSA) is 38.8 Å². The van der Waals surface area contributed by atoms with E-state index in [0.29, 0.717) is 12.0 Å². The quantitative estimate of drug-likeness (QED) is 0.784. The molecule has 0 spiro atoms. The molecule has 118 valence electrons. The summed E-state index contributed by atoms with van der Waals surface area (Å²) in [6, 6.07) is 0. The Morgan fingerprint density at radius 2 is 1.95 bits per heavy atom. The van der Waals surface area contributed by atoms with Crippen molar-refractivity contribution in [3.05, 3.63) is 0 Å². The molecule has 3 aliphatic heterocycles. The molecule has 4 nitrogen and oxygen atoms in total. The fraction of sp³-hybridized carbons (Fsp3) is 0.941. The predicted molar refractivity (Wildman–Crippen MR) is 79.0 cm³/mol. The summed E-state index contributed by atoms with van der Waals surface area (Å²) in [6.07, 6.45) is 9.58. The molecule has 0 aromatic heterocycles. The normalized spacial score (nSPS) is 44.9. The van der Waals surface area contributed by atoms with Gasteiger partial charge in [0.1, 0.15) is 11.7 Å². The van der Waals surface area contributed by atoms with Crippen LogP contribution in [0.5, 0.6) is 0 Å². The first-order valence-corrected chi connectivity index (χ1v) is 8.87. The van der Waals surface area contributed by atoms with Gasteiger partial charge in [-0.25, -0.2) is 4.79 Å². The van der Waals surface area contributed by atoms with E-state index in [-0.39, 0.29) is 17.8 Å². The summed E-state index contributed by atoms with van der Waals surface area (Å²) in [7, 11) is 0. The van der Waals surface area contributed by atoms with Crippen LogP contribution in [-0.4, -0.2) is 41.9 Å². The third kappa shape index (κ3) is 2.09. The molecular formula is C17H27NO3. The number of nitrogens with zero attached hydrogens (tertiary/aromatic N) is 1. The molecule has 0 aromatic carbocycles. The van der Waals surface area contributed by atoms with Crippen LogP contribution in [-0.2, 0) is 9.47 Å². The van der Waals surface area contributed by atoms with E-state index in [4.69, 9.17) is 9.47 Å². The summed E-state index contributed by atoms with van der Waals surface area (Å²) in [5, 5.41) is 0. The van der Waals surface area contributed by atoms with Gasteiger partial charge in [0.05, 0.1) is 6.10 Å². The van der Waals surface area contributed by atoms with Gasteiger partial charge >= 0.3 is 6.09 Å². The molecule has 2 bridgehead atoms. The molecule has 5 unspecified atom stereocenters. The van der Waals surface area contributed by atoms with Crippen LogP contribution in [0.1, 0.15) is 58.3 Å². The van der Waals surface area contributed by atoms with Crippen LogP contribution < -0.4 is 0 Å². The summed E-state index contributed by atoms with van der Waals surface area (Å²) < 4.78 is 12.3. The van der Waals surface area contributed by atoms with Crippen molar-refractivity contribution in [2.45, 2.75) is 76.1 Å². The SMILES string of the molecule is CCC1(OC(=O)N2CCCCC2)CC2OC1C1CCCC21. The first-order valence-electron chi connectivity index (χ1n) is 8.87. The number of carbonyl (C=O) groups is 1. The van der Waals surface area contributed by atoms with E-state index >= 15 is 0 Å². The van der Waals surface area contributed by atoms with Gasteiger partial charge in [0.15, 0.2) is 0 Å². The van der Waals surface area contributed by atoms with E-state index in [1.807, 2.05) is 4.90 Å². The number of rotatable bonds is 2. The lowest BCUT2D eigenvalue weighted by molar-refractivity contribution is -0.0736. The van der Waals surface area contributed by atoms with Crippen LogP contribution in [0.2, 0.25) is 0 Å². The molecule has 4 fully saturated rings. The number of hydrogen-bond donors (Lipinski definition) is 0. The predicted octanol–water partition coefficient (Wildman–Crippen LogP) is 3.35. The number of likely N-dealkylation sites (tertiary alicyclic amines) is 1. The third-order valence-electron chi connectivity index (χ3n) is 6.38. The van der Waals surface area contributed by atoms with Gasteiger partial charge in [-0.15, -0.1) is 0 Å². The summed E-state index contributed by atoms with van der Waals surface area (Å²) in [5.74, 6) is 1.38. The lowest BCUT2D eigenvalue weighted by Gasteiger charge is -2.40. The molecule has 3 heterocycles. The minimum Gasteiger partial charge on any atom is -0.440 e. The molecule has 4 rings (SSSR count). The van der Waals surface area contributed by atoms with Gasteiger partial charge in [0.2, 0.25) is 0 Å². The van der Waals surface area contributed by atoms with Gasteiger partial charge in [0.25, 0.3) is 0 Å². The maximum Gasteiger partial charge on any atom is 0.410 e. The minimum atomic E-state index is -0.343. The molecule has 0 aromatic rings. The Kier molecular flexibility index (Phi) is 3.40. The average molecular weight is 293 g/mol. The van der Waals surface area contributed by atoms with Crippen LogP contribution in [0.3, 0.4) is 0 Å². The molecule has 0 radical (unpaired) electrons. The summed E-state index contributed by atoms with van der Waals surface area (Å²) in [4.78, 5) is 14.4. The molecule has 1 aliphatic carbocycles. The average Bonchev–Trinajstić information content (AvgIpc) is 3.19. The first-order chi connectivity index (χ1) is 10.2. The van der Waals surface area contributed by atoms with Gasteiger partial charge in [-0.1, -0.05) is 13.3 Å². The van der Waals surface area contributed by atoms with Crippen molar-refractivity contribution < 1.29 is 14.3 Å². The Hall–Kier alpha value is -0.770. The van der Waals surface area contributed by atoms with Crippen molar-refractivity contribution in [3.63, 3.8) is 0 Å². The Balaban J connectivity index is 1.48. The Bertz CT molecular complexity index is 420. The van der Waals surface area contributed by atoms with Crippen LogP contribution >= 0.6 is 0 Å². The maximum absolute atomic E-state index is 12.5. The summed E-state index contributed by atoms with van der Waals surface area (Å²) >= 11 is 0. The highest BCUT2D eigenvalue weighted by atomic mass is 16.6. The van der Waals surface area contributed by atoms with Crippen LogP contribution in [0.15, 0.2) is 0 Å². The Morgan fingerprint density at radius 1 is 1.19 bits per heavy atom. The fourth-order valence-electron chi connectivity index (χ4n) is 5.25. The molecule has 0 N–H and O–H groups in total. The number of carbonyl (C=O) groups excluding carboxylic acids is 1. The number of ether oxygens (including phenoxy) is 2. The molecule has 5 atom stereocenters. The van der Waals surface area contributed by atoms with Gasteiger partial charge in [-0.05, 0) is 50.4 Å². The zero-order chi connectivity index (χ0) is 14.4. The highest BCUT2D eigenvalue weighted by molar-refractivity contribution is 5.68.